The molecule has 1 saturated heterocycles. The maximum absolute atomic E-state index is 14.9. The molecule has 61 heavy (non-hydrogen) atoms. The molecule has 5 atom stereocenters. The van der Waals surface area contributed by atoms with Gasteiger partial charge in [0.15, 0.2) is 5.78 Å². The molecule has 0 bridgehead atoms. The number of Topliss-reactive ketones (excluding diaryl/α,β-unsaturated/α-hetero) is 1. The number of aryl methyl sites for hydroxylation is 1. The van der Waals surface area contributed by atoms with Gasteiger partial charge in [-0.05, 0) is 112 Å². The van der Waals surface area contributed by atoms with Crippen molar-refractivity contribution < 1.29 is 36.7 Å². The van der Waals surface area contributed by atoms with Gasteiger partial charge in [0.1, 0.15) is 34.4 Å². The van der Waals surface area contributed by atoms with E-state index in [1.54, 1.807) is 31.1 Å². The molecule has 0 unspecified atom stereocenters. The number of carbonyl (C=O) groups is 3. The van der Waals surface area contributed by atoms with Gasteiger partial charge >= 0.3 is 0 Å². The van der Waals surface area contributed by atoms with Gasteiger partial charge in [-0.15, -0.1) is 11.3 Å². The number of hydrogen-bond acceptors (Lipinski definition) is 11. The highest BCUT2D eigenvalue weighted by molar-refractivity contribution is 7.91. The van der Waals surface area contributed by atoms with E-state index in [4.69, 9.17) is 19.4 Å². The molecule has 2 aromatic heterocycles. The standard InChI is InChI=1S/C46H54FN5O7S2/c1-27(2)37-26-60-42(50-37)36-22-34-28(3)40(58-5)17-16-33(34)41(49-36)59-32-21-38-39(53)24-46(44(55)51-61(56,57)45(4)18-19-45)23-29(46)12-9-7-6-8-10-15-35(43(54)52(38)25-32)48-31-14-11-13-30(47)20-31/h9,11-14,16-17,20,22,26-27,29,32,35,38,48H,6-8,10,15,18-19,21,23-25H2,1-5H3,(H,51,55)/b12-9-/t29-,32-,35+,38+,46-/m1/s1. The fourth-order valence-corrected chi connectivity index (χ4v) is 11.0. The highest BCUT2D eigenvalue weighted by atomic mass is 32.2. The molecule has 8 rings (SSSR count). The molecule has 2 aliphatic carbocycles. The minimum atomic E-state index is -3.97. The summed E-state index contributed by atoms with van der Waals surface area (Å²) in [6.07, 6.45) is 7.90. The molecule has 3 fully saturated rings. The quantitative estimate of drug-likeness (QED) is 0.149. The fourth-order valence-electron chi connectivity index (χ4n) is 8.73. The van der Waals surface area contributed by atoms with Gasteiger partial charge in [0.25, 0.3) is 0 Å². The Morgan fingerprint density at radius 2 is 1.87 bits per heavy atom. The van der Waals surface area contributed by atoms with E-state index >= 15 is 0 Å². The monoisotopic (exact) mass is 871 g/mol. The van der Waals surface area contributed by atoms with Crippen LogP contribution in [0.15, 0.2) is 60.0 Å². The zero-order valence-corrected chi connectivity index (χ0v) is 37.0. The summed E-state index contributed by atoms with van der Waals surface area (Å²) in [5, 5.41) is 7.59. The van der Waals surface area contributed by atoms with Gasteiger partial charge in [-0.1, -0.05) is 44.9 Å². The highest BCUT2D eigenvalue weighted by Gasteiger charge is 2.62. The van der Waals surface area contributed by atoms with Crippen molar-refractivity contribution in [3.63, 3.8) is 0 Å². The Bertz CT molecular complexity index is 2500. The second-order valence-corrected chi connectivity index (χ2v) is 20.8. The van der Waals surface area contributed by atoms with Crippen LogP contribution in [0.25, 0.3) is 21.5 Å². The molecular formula is C46H54FN5O7S2. The number of rotatable bonds is 10. The summed E-state index contributed by atoms with van der Waals surface area (Å²) in [5.74, 6) is -0.903. The molecule has 0 radical (unpaired) electrons. The number of methoxy groups -OCH3 is 1. The van der Waals surface area contributed by atoms with Gasteiger partial charge < -0.3 is 19.7 Å². The van der Waals surface area contributed by atoms with Gasteiger partial charge in [0, 0.05) is 29.3 Å². The number of ether oxygens (including phenoxy) is 2. The van der Waals surface area contributed by atoms with Crippen molar-refractivity contribution in [3.05, 3.63) is 77.1 Å². The molecule has 15 heteroatoms. The molecule has 324 valence electrons. The number of fused-ring (bicyclic) bond motifs is 3. The molecule has 2 aliphatic heterocycles. The van der Waals surface area contributed by atoms with Gasteiger partial charge in [-0.25, -0.2) is 22.8 Å². The van der Waals surface area contributed by atoms with Crippen molar-refractivity contribution in [1.82, 2.24) is 19.6 Å². The molecule has 4 aliphatic rings. The summed E-state index contributed by atoms with van der Waals surface area (Å²) in [6, 6.07) is 9.90. The third-order valence-corrected chi connectivity index (χ3v) is 16.1. The van der Waals surface area contributed by atoms with Crippen LogP contribution >= 0.6 is 11.3 Å². The molecule has 2 N–H and O–H groups in total. The molecule has 2 aromatic carbocycles. The molecule has 2 amide bonds. The Morgan fingerprint density at radius 1 is 1.07 bits per heavy atom. The lowest BCUT2D eigenvalue weighted by atomic mass is 9.91. The van der Waals surface area contributed by atoms with Crippen LogP contribution in [0.5, 0.6) is 11.6 Å². The number of anilines is 1. The number of carbonyl (C=O) groups excluding carboxylic acids is 3. The third kappa shape index (κ3) is 8.64. The van der Waals surface area contributed by atoms with Crippen LogP contribution in [-0.2, 0) is 24.4 Å². The number of sulfonamides is 1. The fraction of sp³-hybridized carbons (Fsp3) is 0.500. The number of nitrogens with one attached hydrogen (secondary N) is 2. The number of hydrogen-bond donors (Lipinski definition) is 2. The summed E-state index contributed by atoms with van der Waals surface area (Å²) in [5.41, 5.74) is 1.62. The van der Waals surface area contributed by atoms with E-state index in [1.807, 2.05) is 42.7 Å². The van der Waals surface area contributed by atoms with E-state index < -0.39 is 50.1 Å². The molecule has 4 heterocycles. The first-order chi connectivity index (χ1) is 29.1. The number of nitrogens with zero attached hydrogens (tertiary/aromatic N) is 3. The minimum Gasteiger partial charge on any atom is -0.496 e. The summed E-state index contributed by atoms with van der Waals surface area (Å²) in [7, 11) is -2.35. The van der Waals surface area contributed by atoms with Crippen LogP contribution in [0.4, 0.5) is 10.1 Å². The maximum atomic E-state index is 14.9. The number of pyridine rings is 1. The largest absolute Gasteiger partial charge is 0.496 e. The first-order valence-electron chi connectivity index (χ1n) is 21.3. The van der Waals surface area contributed by atoms with E-state index in [0.717, 1.165) is 46.3 Å². The SMILES string of the molecule is COc1ccc2c(O[C@@H]3C[C@H]4C(=O)C[C@]5(C(=O)NS(=O)(=O)C6(C)CC6)C[C@H]5/C=C\CCCCC[C@H](Nc5cccc(F)c5)C(=O)N4C3)nc(-c3nc(C(C)C)cs3)cc2c1C. The Hall–Kier alpha value is -4.89. The summed E-state index contributed by atoms with van der Waals surface area (Å²) in [4.78, 5) is 55.2. The van der Waals surface area contributed by atoms with Gasteiger partial charge in [-0.3, -0.25) is 19.1 Å². The third-order valence-electron chi connectivity index (χ3n) is 13.0. The lowest BCUT2D eigenvalue weighted by molar-refractivity contribution is -0.139. The van der Waals surface area contributed by atoms with Crippen molar-refractivity contribution in [3.8, 4) is 22.3 Å². The Labute approximate surface area is 360 Å². The summed E-state index contributed by atoms with van der Waals surface area (Å²) >= 11 is 1.49. The average molecular weight is 872 g/mol. The zero-order chi connectivity index (χ0) is 43.3. The number of allylic oxidation sites excluding steroid dienone is 2. The first kappa shape index (κ1) is 42.8. The Morgan fingerprint density at radius 3 is 2.59 bits per heavy atom. The van der Waals surface area contributed by atoms with Crippen LogP contribution in [0, 0.1) is 24.1 Å². The normalized spacial score (nSPS) is 25.9. The number of amides is 2. The van der Waals surface area contributed by atoms with E-state index in [-0.39, 0.29) is 42.9 Å². The predicted octanol–water partition coefficient (Wildman–Crippen LogP) is 8.25. The van der Waals surface area contributed by atoms with E-state index in [1.165, 1.54) is 23.5 Å². The Balaban J connectivity index is 1.15. The van der Waals surface area contributed by atoms with Gasteiger partial charge in [-0.2, -0.15) is 0 Å². The van der Waals surface area contributed by atoms with Crippen molar-refractivity contribution in [2.24, 2.45) is 11.3 Å². The van der Waals surface area contributed by atoms with Crippen LogP contribution < -0.4 is 19.5 Å². The van der Waals surface area contributed by atoms with Gasteiger partial charge in [0.05, 0.1) is 35.6 Å². The van der Waals surface area contributed by atoms with E-state index in [2.05, 4.69) is 23.9 Å². The second kappa shape index (κ2) is 16.8. The van der Waals surface area contributed by atoms with Crippen molar-refractivity contribution in [2.75, 3.05) is 19.0 Å². The summed E-state index contributed by atoms with van der Waals surface area (Å²) in [6.45, 7) is 7.79. The van der Waals surface area contributed by atoms with Crippen molar-refractivity contribution in [2.45, 2.75) is 121 Å². The number of thiazole rings is 1. The number of halogens is 1. The lowest BCUT2D eigenvalue weighted by Gasteiger charge is -2.30. The number of aromatic nitrogens is 2. The zero-order valence-electron chi connectivity index (χ0n) is 35.3. The Kier molecular flexibility index (Phi) is 11.8. The minimum absolute atomic E-state index is 0.0448. The molecule has 12 nitrogen and oxygen atoms in total. The van der Waals surface area contributed by atoms with E-state index in [9.17, 15) is 27.2 Å². The number of ketones is 1. The summed E-state index contributed by atoms with van der Waals surface area (Å²) < 4.78 is 54.8. The maximum Gasteiger partial charge on any atom is 0.245 e. The van der Waals surface area contributed by atoms with Crippen LogP contribution in [0.2, 0.25) is 0 Å². The lowest BCUT2D eigenvalue weighted by Crippen LogP contribution is -2.49. The average Bonchev–Trinajstić information content (AvgIpc) is 3.99. The molecular weight excluding hydrogens is 818 g/mol. The van der Waals surface area contributed by atoms with Gasteiger partial charge in [0.2, 0.25) is 27.7 Å². The second-order valence-electron chi connectivity index (χ2n) is 17.8. The molecule has 2 saturated carbocycles. The van der Waals surface area contributed by atoms with Crippen LogP contribution in [0.1, 0.15) is 102 Å². The smallest absolute Gasteiger partial charge is 0.245 e. The molecule has 4 aromatic rings. The van der Waals surface area contributed by atoms with E-state index in [0.29, 0.717) is 55.1 Å². The number of benzene rings is 2. The van der Waals surface area contributed by atoms with Crippen molar-refractivity contribution in [1.29, 1.82) is 0 Å². The highest BCUT2D eigenvalue weighted by Crippen LogP contribution is 2.57. The molecule has 0 spiro atoms. The predicted molar refractivity (Wildman–Crippen MR) is 234 cm³/mol. The van der Waals surface area contributed by atoms with Crippen LogP contribution in [-0.4, -0.2) is 77.5 Å². The first-order valence-corrected chi connectivity index (χ1v) is 23.7. The van der Waals surface area contributed by atoms with Crippen LogP contribution in [0.3, 0.4) is 0 Å². The topological polar surface area (TPSA) is 157 Å². The van der Waals surface area contributed by atoms with Crippen molar-refractivity contribution >= 4 is 55.4 Å².